The number of carbonyl (C=O) groups excluding carboxylic acids is 1. The smallest absolute Gasteiger partial charge is 0.311 e. The zero-order valence-electron chi connectivity index (χ0n) is 7.69. The van der Waals surface area contributed by atoms with Crippen molar-refractivity contribution in [1.82, 2.24) is 0 Å². The molecule has 0 bridgehead atoms. The van der Waals surface area contributed by atoms with Crippen molar-refractivity contribution in [1.29, 1.82) is 0 Å². The highest BCUT2D eigenvalue weighted by Crippen LogP contribution is 2.98. The molecule has 94 valence electrons. The van der Waals surface area contributed by atoms with Gasteiger partial charge >= 0.3 is 5.97 Å². The van der Waals surface area contributed by atoms with Crippen LogP contribution in [0.25, 0.3) is 0 Å². The zero-order valence-corrected chi connectivity index (χ0v) is 9.26. The number of ether oxygens (including phenoxy) is 1. The molecule has 0 aromatic rings. The second-order valence-corrected chi connectivity index (χ2v) is 5.80. The van der Waals surface area contributed by atoms with Crippen LogP contribution in [0.1, 0.15) is 6.92 Å². The third-order valence-electron chi connectivity index (χ3n) is 1.32. The topological polar surface area (TPSA) is 26.3 Å². The molecule has 15 heavy (non-hydrogen) atoms. The first-order chi connectivity index (χ1) is 6.38. The van der Waals surface area contributed by atoms with Crippen LogP contribution in [-0.4, -0.2) is 24.2 Å². The minimum absolute atomic E-state index is 0.188. The van der Waals surface area contributed by atoms with Gasteiger partial charge in [0, 0.05) is 5.88 Å². The van der Waals surface area contributed by atoms with Crippen LogP contribution in [0.3, 0.4) is 0 Å². The van der Waals surface area contributed by atoms with Gasteiger partial charge in [0.15, 0.2) is 0 Å². The largest absolute Gasteiger partial charge is 0.466 e. The monoisotopic (exact) mass is 276 g/mol. The molecule has 0 aliphatic heterocycles. The Morgan fingerprint density at radius 1 is 1.33 bits per heavy atom. The first-order valence-corrected chi connectivity index (χ1v) is 6.49. The Morgan fingerprint density at radius 3 is 2.07 bits per heavy atom. The van der Waals surface area contributed by atoms with Crippen molar-refractivity contribution in [3.05, 3.63) is 0 Å². The Balaban J connectivity index is 4.70. The molecule has 0 aromatic heterocycles. The maximum Gasteiger partial charge on any atom is 0.311 e. The third kappa shape index (κ3) is 7.66. The third-order valence-corrected chi connectivity index (χ3v) is 2.73. The molecule has 2 nitrogen and oxygen atoms in total. The van der Waals surface area contributed by atoms with Crippen molar-refractivity contribution < 1.29 is 29.0 Å². The predicted octanol–water partition coefficient (Wildman–Crippen LogP) is 3.70. The second-order valence-electron chi connectivity index (χ2n) is 2.90. The van der Waals surface area contributed by atoms with Crippen LogP contribution in [0.2, 0.25) is 0 Å². The van der Waals surface area contributed by atoms with Gasteiger partial charge in [0.25, 0.3) is 10.2 Å². The van der Waals surface area contributed by atoms with E-state index in [4.69, 9.17) is 11.6 Å². The predicted molar refractivity (Wildman–Crippen MR) is 48.8 cm³/mol. The number of rotatable bonds is 5. The summed E-state index contributed by atoms with van der Waals surface area (Å²) in [4.78, 5) is 10.8. The minimum Gasteiger partial charge on any atom is -0.466 e. The molecule has 0 fully saturated rings. The van der Waals surface area contributed by atoms with Gasteiger partial charge in [0.05, 0.1) is 12.5 Å². The van der Waals surface area contributed by atoms with E-state index in [-0.39, 0.29) is 6.61 Å². The normalized spacial score (nSPS) is 18.9. The fourth-order valence-electron chi connectivity index (χ4n) is 0.816. The average molecular weight is 277 g/mol. The van der Waals surface area contributed by atoms with E-state index in [9.17, 15) is 24.2 Å². The van der Waals surface area contributed by atoms with E-state index in [0.717, 1.165) is 0 Å². The highest BCUT2D eigenvalue weighted by Gasteiger charge is 2.65. The van der Waals surface area contributed by atoms with E-state index >= 15 is 0 Å². The van der Waals surface area contributed by atoms with Crippen molar-refractivity contribution in [3.8, 4) is 0 Å². The van der Waals surface area contributed by atoms with Crippen LogP contribution >= 0.6 is 21.8 Å². The second kappa shape index (κ2) is 3.65. The van der Waals surface area contributed by atoms with Crippen LogP contribution in [0, 0.1) is 5.92 Å². The van der Waals surface area contributed by atoms with Crippen LogP contribution in [-0.2, 0) is 9.53 Å². The van der Waals surface area contributed by atoms with Crippen LogP contribution in [0.5, 0.6) is 0 Å². The summed E-state index contributed by atoms with van der Waals surface area (Å²) < 4.78 is 64.1. The van der Waals surface area contributed by atoms with E-state index in [1.165, 1.54) is 6.92 Å². The van der Waals surface area contributed by atoms with Crippen molar-refractivity contribution in [2.24, 2.45) is 5.92 Å². The Bertz CT molecular complexity index is 250. The summed E-state index contributed by atoms with van der Waals surface area (Å²) in [5.41, 5.74) is 0. The van der Waals surface area contributed by atoms with Gasteiger partial charge in [-0.1, -0.05) is 19.4 Å². The number of hydrogen-bond donors (Lipinski definition) is 0. The lowest BCUT2D eigenvalue weighted by Crippen LogP contribution is -2.29. The molecular weight excluding hydrogens is 267 g/mol. The van der Waals surface area contributed by atoms with E-state index in [1.807, 2.05) is 0 Å². The van der Waals surface area contributed by atoms with Gasteiger partial charge < -0.3 is 4.74 Å². The molecular formula is C6H10ClF5O2S. The maximum atomic E-state index is 12.0. The lowest BCUT2D eigenvalue weighted by Gasteiger charge is -2.41. The molecule has 0 spiro atoms. The lowest BCUT2D eigenvalue weighted by molar-refractivity contribution is -0.146. The SMILES string of the molecule is CCOC(=O)C(CCl)CS(F)(F)(F)(F)F. The summed E-state index contributed by atoms with van der Waals surface area (Å²) in [6.07, 6.45) is 0. The molecule has 0 saturated heterocycles. The minimum atomic E-state index is -9.61. The standard InChI is InChI=1S/C6H10ClF5O2S/c1-2-14-6(13)5(3-7)4-15(8,9,10,11)12/h5H,2-4H2,1H3. The lowest BCUT2D eigenvalue weighted by atomic mass is 10.2. The molecule has 1 atom stereocenters. The Labute approximate surface area is 88.4 Å². The summed E-state index contributed by atoms with van der Waals surface area (Å²) in [5, 5.41) is 0. The fourth-order valence-corrected chi connectivity index (χ4v) is 2.19. The molecule has 0 N–H and O–H groups in total. The summed E-state index contributed by atoms with van der Waals surface area (Å²) in [6.45, 7) is 1.16. The van der Waals surface area contributed by atoms with Gasteiger partial charge in [-0.3, -0.25) is 4.79 Å². The van der Waals surface area contributed by atoms with Crippen molar-refractivity contribution in [2.45, 2.75) is 6.92 Å². The van der Waals surface area contributed by atoms with Gasteiger partial charge in [-0.25, -0.2) is 0 Å². The first kappa shape index (κ1) is 14.8. The quantitative estimate of drug-likeness (QED) is 0.435. The summed E-state index contributed by atoms with van der Waals surface area (Å²) >= 11 is 5.01. The van der Waals surface area contributed by atoms with E-state index in [1.54, 1.807) is 0 Å². The molecule has 1 unspecified atom stereocenters. The summed E-state index contributed by atoms with van der Waals surface area (Å²) in [5.74, 6) is -6.78. The van der Waals surface area contributed by atoms with Crippen molar-refractivity contribution >= 4 is 27.8 Å². The number of halogens is 6. The van der Waals surface area contributed by atoms with E-state index in [2.05, 4.69) is 4.74 Å². The van der Waals surface area contributed by atoms with Gasteiger partial charge in [0.2, 0.25) is 0 Å². The Kier molecular flexibility index (Phi) is 3.60. The number of alkyl halides is 1. The van der Waals surface area contributed by atoms with Crippen LogP contribution in [0.15, 0.2) is 0 Å². The molecule has 0 rings (SSSR count). The van der Waals surface area contributed by atoms with Crippen LogP contribution in [0.4, 0.5) is 19.4 Å². The number of hydrogen-bond acceptors (Lipinski definition) is 2. The van der Waals surface area contributed by atoms with Gasteiger partial charge in [-0.05, 0) is 6.92 Å². The van der Waals surface area contributed by atoms with E-state index in [0.29, 0.717) is 0 Å². The van der Waals surface area contributed by atoms with Gasteiger partial charge in [-0.2, -0.15) is 0 Å². The van der Waals surface area contributed by atoms with Crippen molar-refractivity contribution in [2.75, 3.05) is 18.2 Å². The molecule has 0 aliphatic carbocycles. The zero-order chi connectivity index (χ0) is 12.4. The molecule has 0 aliphatic rings. The maximum absolute atomic E-state index is 12.0. The van der Waals surface area contributed by atoms with Crippen LogP contribution < -0.4 is 0 Å². The van der Waals surface area contributed by atoms with Gasteiger partial charge in [0.1, 0.15) is 5.75 Å². The molecule has 0 aromatic carbocycles. The number of esters is 1. The molecule has 9 heteroatoms. The highest BCUT2D eigenvalue weighted by molar-refractivity contribution is 8.45. The molecule has 0 amide bonds. The Morgan fingerprint density at radius 2 is 1.80 bits per heavy atom. The average Bonchev–Trinajstić information content (AvgIpc) is 1.96. The first-order valence-electron chi connectivity index (χ1n) is 3.84. The summed E-state index contributed by atoms with van der Waals surface area (Å²) in [7, 11) is -9.61. The van der Waals surface area contributed by atoms with E-state index < -0.39 is 33.7 Å². The molecule has 0 saturated carbocycles. The molecule has 0 radical (unpaired) electrons. The number of carbonyl (C=O) groups is 1. The Hall–Kier alpha value is -0.240. The highest BCUT2D eigenvalue weighted by atomic mass is 35.5. The van der Waals surface area contributed by atoms with Crippen molar-refractivity contribution in [3.63, 3.8) is 0 Å². The van der Waals surface area contributed by atoms with Gasteiger partial charge in [-0.15, -0.1) is 11.6 Å². The fraction of sp³-hybridized carbons (Fsp3) is 0.833. The molecule has 0 heterocycles. The summed E-state index contributed by atoms with van der Waals surface area (Å²) in [6, 6.07) is 0.